The van der Waals surface area contributed by atoms with Crippen LogP contribution in [0.5, 0.6) is 0 Å². The number of rotatable bonds is 5. The van der Waals surface area contributed by atoms with Gasteiger partial charge in [-0.25, -0.2) is 4.98 Å². The number of nitrogens with one attached hydrogen (secondary N) is 3. The van der Waals surface area contributed by atoms with Gasteiger partial charge >= 0.3 is 0 Å². The Morgan fingerprint density at radius 2 is 2.09 bits per heavy atom. The topological polar surface area (TPSA) is 86.5 Å². The van der Waals surface area contributed by atoms with Crippen molar-refractivity contribution < 1.29 is 4.79 Å². The van der Waals surface area contributed by atoms with E-state index in [2.05, 4.69) is 25.5 Å². The van der Waals surface area contributed by atoms with Crippen LogP contribution >= 0.6 is 0 Å². The fourth-order valence-electron chi connectivity index (χ4n) is 2.74. The van der Waals surface area contributed by atoms with E-state index in [0.29, 0.717) is 6.42 Å². The molecule has 1 amide bonds. The Kier molecular flexibility index (Phi) is 4.14. The van der Waals surface area contributed by atoms with Crippen molar-refractivity contribution in [3.63, 3.8) is 0 Å². The third kappa shape index (κ3) is 3.11. The van der Waals surface area contributed by atoms with E-state index < -0.39 is 0 Å². The maximum absolute atomic E-state index is 12.4. The van der Waals surface area contributed by atoms with Gasteiger partial charge in [-0.3, -0.25) is 9.89 Å². The number of aromatic nitrogens is 4. The Morgan fingerprint density at radius 3 is 2.74 bits per heavy atom. The highest BCUT2D eigenvalue weighted by atomic mass is 16.1. The number of fused-ring (bicyclic) bond motifs is 1. The van der Waals surface area contributed by atoms with Crippen molar-refractivity contribution in [1.82, 2.24) is 25.5 Å². The smallest absolute Gasteiger partial charge is 0.225 e. The summed E-state index contributed by atoms with van der Waals surface area (Å²) in [5.41, 5.74) is 4.67. The van der Waals surface area contributed by atoms with Gasteiger partial charge < -0.3 is 10.3 Å². The third-order valence-corrected chi connectivity index (χ3v) is 4.10. The van der Waals surface area contributed by atoms with Crippen LogP contribution in [0, 0.1) is 13.8 Å². The van der Waals surface area contributed by atoms with E-state index in [1.807, 2.05) is 45.0 Å². The monoisotopic (exact) mass is 311 g/mol. The number of carbonyl (C=O) groups is 1. The molecule has 120 valence electrons. The molecule has 3 rings (SSSR count). The first kappa shape index (κ1) is 15.3. The lowest BCUT2D eigenvalue weighted by Crippen LogP contribution is -2.30. The Labute approximate surface area is 134 Å². The van der Waals surface area contributed by atoms with Gasteiger partial charge in [-0.1, -0.05) is 19.1 Å². The quantitative estimate of drug-likeness (QED) is 0.677. The highest BCUT2D eigenvalue weighted by Crippen LogP contribution is 2.19. The fraction of sp³-hybridized carbons (Fsp3) is 0.353. The minimum Gasteiger partial charge on any atom is -0.346 e. The number of aromatic amines is 2. The van der Waals surface area contributed by atoms with Crippen LogP contribution < -0.4 is 5.32 Å². The van der Waals surface area contributed by atoms with E-state index in [1.165, 1.54) is 0 Å². The Bertz CT molecular complexity index is 780. The van der Waals surface area contributed by atoms with Crippen LogP contribution in [0.4, 0.5) is 0 Å². The van der Waals surface area contributed by atoms with Crippen molar-refractivity contribution in [3.05, 3.63) is 47.0 Å². The molecule has 3 N–H and O–H groups in total. The number of amides is 1. The predicted octanol–water partition coefficient (Wildman–Crippen LogP) is 2.71. The minimum absolute atomic E-state index is 0.0232. The SMILES string of the molecule is CC[C@@H](NC(=O)Cc1c(C)n[nH]c1C)c1nc2ccccc2[nH]1. The summed E-state index contributed by atoms with van der Waals surface area (Å²) in [6.45, 7) is 5.87. The molecule has 0 saturated carbocycles. The summed E-state index contributed by atoms with van der Waals surface area (Å²) in [7, 11) is 0. The van der Waals surface area contributed by atoms with Crippen LogP contribution in [0.15, 0.2) is 24.3 Å². The lowest BCUT2D eigenvalue weighted by molar-refractivity contribution is -0.121. The molecule has 1 atom stereocenters. The molecule has 2 aromatic heterocycles. The number of nitrogens with zero attached hydrogens (tertiary/aromatic N) is 2. The summed E-state index contributed by atoms with van der Waals surface area (Å²) in [5, 5.41) is 10.1. The molecular weight excluding hydrogens is 290 g/mol. The van der Waals surface area contributed by atoms with E-state index >= 15 is 0 Å². The van der Waals surface area contributed by atoms with Crippen LogP contribution in [0.1, 0.15) is 42.2 Å². The molecule has 0 aliphatic carbocycles. The number of carbonyl (C=O) groups excluding carboxylic acids is 1. The fourth-order valence-corrected chi connectivity index (χ4v) is 2.74. The minimum atomic E-state index is -0.123. The number of hydrogen-bond donors (Lipinski definition) is 3. The molecule has 0 unspecified atom stereocenters. The van der Waals surface area contributed by atoms with E-state index in [-0.39, 0.29) is 11.9 Å². The molecule has 6 nitrogen and oxygen atoms in total. The van der Waals surface area contributed by atoms with Crippen molar-refractivity contribution in [1.29, 1.82) is 0 Å². The first-order chi connectivity index (χ1) is 11.1. The van der Waals surface area contributed by atoms with Gasteiger partial charge in [0, 0.05) is 11.3 Å². The standard InChI is InChI=1S/C17H21N5O/c1-4-13(17-19-14-7-5-6-8-15(14)20-17)18-16(23)9-12-10(2)21-22-11(12)3/h5-8,13H,4,9H2,1-3H3,(H,18,23)(H,19,20)(H,21,22)/t13-/m1/s1. The molecule has 3 aromatic rings. The van der Waals surface area contributed by atoms with E-state index in [4.69, 9.17) is 0 Å². The van der Waals surface area contributed by atoms with Crippen molar-refractivity contribution in [2.24, 2.45) is 0 Å². The van der Waals surface area contributed by atoms with Gasteiger partial charge in [-0.05, 0) is 32.4 Å². The van der Waals surface area contributed by atoms with Gasteiger partial charge in [0.25, 0.3) is 0 Å². The molecule has 0 bridgehead atoms. The second kappa shape index (κ2) is 6.24. The highest BCUT2D eigenvalue weighted by molar-refractivity contribution is 5.80. The van der Waals surface area contributed by atoms with Gasteiger partial charge in [0.2, 0.25) is 5.91 Å². The summed E-state index contributed by atoms with van der Waals surface area (Å²) in [6, 6.07) is 7.74. The third-order valence-electron chi connectivity index (χ3n) is 4.10. The van der Waals surface area contributed by atoms with Crippen LogP contribution in [-0.4, -0.2) is 26.1 Å². The Hall–Kier alpha value is -2.63. The molecule has 2 heterocycles. The lowest BCUT2D eigenvalue weighted by atomic mass is 10.1. The van der Waals surface area contributed by atoms with Gasteiger partial charge in [0.1, 0.15) is 5.82 Å². The van der Waals surface area contributed by atoms with Crippen molar-refractivity contribution in [2.75, 3.05) is 0 Å². The van der Waals surface area contributed by atoms with Gasteiger partial charge in [0.15, 0.2) is 0 Å². The molecule has 1 aromatic carbocycles. The number of benzene rings is 1. The summed E-state index contributed by atoms with van der Waals surface area (Å²) in [5.74, 6) is 0.771. The van der Waals surface area contributed by atoms with E-state index in [1.54, 1.807) is 0 Å². The first-order valence-electron chi connectivity index (χ1n) is 7.83. The predicted molar refractivity (Wildman–Crippen MR) is 89.0 cm³/mol. The average molecular weight is 311 g/mol. The number of aryl methyl sites for hydroxylation is 2. The maximum Gasteiger partial charge on any atom is 0.225 e. The van der Waals surface area contributed by atoms with Crippen LogP contribution in [0.25, 0.3) is 11.0 Å². The summed E-state index contributed by atoms with van der Waals surface area (Å²) >= 11 is 0. The normalized spacial score (nSPS) is 12.5. The number of H-pyrrole nitrogens is 2. The second-order valence-electron chi connectivity index (χ2n) is 5.76. The molecule has 0 fully saturated rings. The van der Waals surface area contributed by atoms with Gasteiger partial charge in [0.05, 0.1) is 29.2 Å². The van der Waals surface area contributed by atoms with Crippen molar-refractivity contribution in [3.8, 4) is 0 Å². The second-order valence-corrected chi connectivity index (χ2v) is 5.76. The maximum atomic E-state index is 12.4. The molecule has 0 saturated heterocycles. The van der Waals surface area contributed by atoms with Gasteiger partial charge in [-0.15, -0.1) is 0 Å². The molecule has 0 aliphatic rings. The van der Waals surface area contributed by atoms with Crippen molar-refractivity contribution >= 4 is 16.9 Å². The molecular formula is C17H21N5O. The molecule has 0 spiro atoms. The zero-order chi connectivity index (χ0) is 16.4. The van der Waals surface area contributed by atoms with E-state index in [0.717, 1.165) is 40.2 Å². The number of imidazole rings is 1. The van der Waals surface area contributed by atoms with Gasteiger partial charge in [-0.2, -0.15) is 5.10 Å². The highest BCUT2D eigenvalue weighted by Gasteiger charge is 2.18. The largest absolute Gasteiger partial charge is 0.346 e. The number of para-hydroxylation sites is 2. The van der Waals surface area contributed by atoms with Crippen molar-refractivity contribution in [2.45, 2.75) is 39.7 Å². The zero-order valence-corrected chi connectivity index (χ0v) is 13.6. The summed E-state index contributed by atoms with van der Waals surface area (Å²) in [4.78, 5) is 20.2. The Morgan fingerprint density at radius 1 is 1.30 bits per heavy atom. The van der Waals surface area contributed by atoms with Crippen LogP contribution in [0.2, 0.25) is 0 Å². The molecule has 0 radical (unpaired) electrons. The molecule has 0 aliphatic heterocycles. The van der Waals surface area contributed by atoms with E-state index in [9.17, 15) is 4.79 Å². The number of hydrogen-bond acceptors (Lipinski definition) is 3. The first-order valence-corrected chi connectivity index (χ1v) is 7.83. The zero-order valence-electron chi connectivity index (χ0n) is 13.6. The summed E-state index contributed by atoms with van der Waals surface area (Å²) in [6.07, 6.45) is 1.10. The van der Waals surface area contributed by atoms with Crippen LogP contribution in [0.3, 0.4) is 0 Å². The van der Waals surface area contributed by atoms with Crippen LogP contribution in [-0.2, 0) is 11.2 Å². The Balaban J connectivity index is 1.75. The summed E-state index contributed by atoms with van der Waals surface area (Å²) < 4.78 is 0. The molecule has 23 heavy (non-hydrogen) atoms. The lowest BCUT2D eigenvalue weighted by Gasteiger charge is -2.14. The molecule has 6 heteroatoms. The average Bonchev–Trinajstić information content (AvgIpc) is 3.10.